The number of benzene rings is 2. The van der Waals surface area contributed by atoms with E-state index in [-0.39, 0.29) is 4.90 Å². The molecule has 0 saturated carbocycles. The Kier molecular flexibility index (Phi) is 2.70. The molecule has 0 spiro atoms. The zero-order valence-electron chi connectivity index (χ0n) is 7.64. The number of sulfonamides is 1. The van der Waals surface area contributed by atoms with E-state index >= 15 is 0 Å². The Balaban J connectivity index is 2.96. The van der Waals surface area contributed by atoms with Crippen LogP contribution >= 0.6 is 22.6 Å². The summed E-state index contributed by atoms with van der Waals surface area (Å²) in [5.41, 5.74) is 0. The minimum absolute atomic E-state index is 0.179. The first-order valence-electron chi connectivity index (χ1n) is 4.20. The van der Waals surface area contributed by atoms with Crippen LogP contribution in [0, 0.1) is 3.57 Å². The highest BCUT2D eigenvalue weighted by atomic mass is 127. The highest BCUT2D eigenvalue weighted by molar-refractivity contribution is 14.1. The second kappa shape index (κ2) is 3.73. The van der Waals surface area contributed by atoms with Crippen molar-refractivity contribution >= 4 is 43.4 Å². The summed E-state index contributed by atoms with van der Waals surface area (Å²) in [5, 5.41) is 6.72. The average Bonchev–Trinajstić information content (AvgIpc) is 2.16. The van der Waals surface area contributed by atoms with Crippen LogP contribution in [0.2, 0.25) is 0 Å². The summed E-state index contributed by atoms with van der Waals surface area (Å²) in [5.74, 6) is 0. The fourth-order valence-electron chi connectivity index (χ4n) is 1.49. The van der Waals surface area contributed by atoms with Gasteiger partial charge in [0.15, 0.2) is 0 Å². The van der Waals surface area contributed by atoms with E-state index in [4.69, 9.17) is 5.14 Å². The molecule has 78 valence electrons. The lowest BCUT2D eigenvalue weighted by molar-refractivity contribution is 0.598. The Morgan fingerprint density at radius 2 is 1.60 bits per heavy atom. The van der Waals surface area contributed by atoms with E-state index in [1.807, 2.05) is 18.2 Å². The summed E-state index contributed by atoms with van der Waals surface area (Å²) in [6, 6.07) is 10.6. The first-order valence-corrected chi connectivity index (χ1v) is 6.83. The fraction of sp³-hybridized carbons (Fsp3) is 0. The largest absolute Gasteiger partial charge is 0.238 e. The van der Waals surface area contributed by atoms with Gasteiger partial charge in [-0.1, -0.05) is 24.3 Å². The highest BCUT2D eigenvalue weighted by Crippen LogP contribution is 2.25. The summed E-state index contributed by atoms with van der Waals surface area (Å²) in [7, 11) is -3.65. The molecule has 0 radical (unpaired) electrons. The summed E-state index contributed by atoms with van der Waals surface area (Å²) in [6.07, 6.45) is 0. The minimum Gasteiger partial charge on any atom is -0.225 e. The SMILES string of the molecule is NS(=O)(=O)c1cccc2c(I)cccc12. The third-order valence-corrected chi connectivity index (χ3v) is 4.05. The third-order valence-electron chi connectivity index (χ3n) is 2.14. The van der Waals surface area contributed by atoms with Crippen LogP contribution < -0.4 is 5.14 Å². The molecule has 3 nitrogen and oxygen atoms in total. The monoisotopic (exact) mass is 333 g/mol. The molecule has 0 aromatic heterocycles. The van der Waals surface area contributed by atoms with E-state index in [0.717, 1.165) is 8.96 Å². The maximum absolute atomic E-state index is 11.3. The van der Waals surface area contributed by atoms with Gasteiger partial charge in [0.05, 0.1) is 4.90 Å². The van der Waals surface area contributed by atoms with Gasteiger partial charge in [-0.3, -0.25) is 0 Å². The van der Waals surface area contributed by atoms with Crippen molar-refractivity contribution in [2.45, 2.75) is 4.90 Å². The van der Waals surface area contributed by atoms with Crippen molar-refractivity contribution in [1.29, 1.82) is 0 Å². The van der Waals surface area contributed by atoms with Crippen LogP contribution in [0.25, 0.3) is 10.8 Å². The van der Waals surface area contributed by atoms with E-state index in [1.54, 1.807) is 12.1 Å². The molecule has 2 aromatic carbocycles. The van der Waals surface area contributed by atoms with Gasteiger partial charge in [-0.05, 0) is 40.1 Å². The molecule has 0 bridgehead atoms. The molecule has 2 rings (SSSR count). The van der Waals surface area contributed by atoms with Crippen molar-refractivity contribution in [2.24, 2.45) is 5.14 Å². The van der Waals surface area contributed by atoms with Crippen molar-refractivity contribution in [3.8, 4) is 0 Å². The van der Waals surface area contributed by atoms with Crippen molar-refractivity contribution in [3.05, 3.63) is 40.0 Å². The molecule has 0 aliphatic rings. The third kappa shape index (κ3) is 1.99. The Bertz CT molecular complexity index is 622. The van der Waals surface area contributed by atoms with E-state index < -0.39 is 10.0 Å². The molecule has 0 atom stereocenters. The standard InChI is InChI=1S/C10H8INO2S/c11-9-5-1-4-8-7(9)3-2-6-10(8)15(12,13)14/h1-6H,(H2,12,13,14). The van der Waals surface area contributed by atoms with Crippen LogP contribution in [0.5, 0.6) is 0 Å². The van der Waals surface area contributed by atoms with Gasteiger partial charge in [-0.15, -0.1) is 0 Å². The van der Waals surface area contributed by atoms with Crippen LogP contribution in [-0.4, -0.2) is 8.42 Å². The summed E-state index contributed by atoms with van der Waals surface area (Å²) >= 11 is 2.17. The molecular weight excluding hydrogens is 325 g/mol. The first-order chi connectivity index (χ1) is 7.00. The number of halogens is 1. The predicted octanol–water partition coefficient (Wildman–Crippen LogP) is 2.09. The number of rotatable bonds is 1. The molecule has 15 heavy (non-hydrogen) atoms. The normalized spacial score (nSPS) is 11.9. The van der Waals surface area contributed by atoms with Crippen molar-refractivity contribution in [2.75, 3.05) is 0 Å². The lowest BCUT2D eigenvalue weighted by Gasteiger charge is -2.05. The van der Waals surface area contributed by atoms with Crippen molar-refractivity contribution < 1.29 is 8.42 Å². The zero-order chi connectivity index (χ0) is 11.1. The minimum atomic E-state index is -3.65. The number of nitrogens with two attached hydrogens (primary N) is 1. The molecule has 2 N–H and O–H groups in total. The Labute approximate surface area is 101 Å². The van der Waals surface area contributed by atoms with E-state index in [2.05, 4.69) is 22.6 Å². The number of primary sulfonamides is 1. The molecule has 0 aliphatic carbocycles. The maximum Gasteiger partial charge on any atom is 0.238 e. The lowest BCUT2D eigenvalue weighted by Crippen LogP contribution is -2.12. The number of fused-ring (bicyclic) bond motifs is 1. The Morgan fingerprint density at radius 3 is 2.27 bits per heavy atom. The molecule has 0 fully saturated rings. The van der Waals surface area contributed by atoms with E-state index in [9.17, 15) is 8.42 Å². The van der Waals surface area contributed by atoms with Gasteiger partial charge < -0.3 is 0 Å². The van der Waals surface area contributed by atoms with E-state index in [0.29, 0.717) is 5.39 Å². The summed E-state index contributed by atoms with van der Waals surface area (Å²) < 4.78 is 23.7. The topological polar surface area (TPSA) is 60.2 Å². The second-order valence-electron chi connectivity index (χ2n) is 3.14. The van der Waals surface area contributed by atoms with Crippen LogP contribution in [0.15, 0.2) is 41.3 Å². The molecule has 0 saturated heterocycles. The lowest BCUT2D eigenvalue weighted by atomic mass is 10.1. The molecule has 2 aromatic rings. The van der Waals surface area contributed by atoms with Gasteiger partial charge in [0.1, 0.15) is 0 Å². The summed E-state index contributed by atoms with van der Waals surface area (Å²) in [4.78, 5) is 0.179. The second-order valence-corrected chi connectivity index (χ2v) is 5.83. The highest BCUT2D eigenvalue weighted by Gasteiger charge is 2.12. The molecular formula is C10H8INO2S. The zero-order valence-corrected chi connectivity index (χ0v) is 10.6. The summed E-state index contributed by atoms with van der Waals surface area (Å²) in [6.45, 7) is 0. The number of hydrogen-bond donors (Lipinski definition) is 1. The van der Waals surface area contributed by atoms with Crippen LogP contribution in [0.4, 0.5) is 0 Å². The van der Waals surface area contributed by atoms with Crippen molar-refractivity contribution in [1.82, 2.24) is 0 Å². The van der Waals surface area contributed by atoms with Crippen LogP contribution in [0.1, 0.15) is 0 Å². The molecule has 0 heterocycles. The van der Waals surface area contributed by atoms with Gasteiger partial charge in [0.2, 0.25) is 10.0 Å². The molecule has 0 unspecified atom stereocenters. The molecule has 0 amide bonds. The molecule has 5 heteroatoms. The van der Waals surface area contributed by atoms with Crippen LogP contribution in [-0.2, 0) is 10.0 Å². The Hall–Kier alpha value is -0.660. The number of hydrogen-bond acceptors (Lipinski definition) is 2. The average molecular weight is 333 g/mol. The predicted molar refractivity (Wildman–Crippen MR) is 68.0 cm³/mol. The molecule has 0 aliphatic heterocycles. The van der Waals surface area contributed by atoms with Crippen molar-refractivity contribution in [3.63, 3.8) is 0 Å². The van der Waals surface area contributed by atoms with Gasteiger partial charge in [-0.25, -0.2) is 13.6 Å². The fourth-order valence-corrected chi connectivity index (χ4v) is 2.92. The first kappa shape index (κ1) is 10.8. The quantitative estimate of drug-likeness (QED) is 0.813. The van der Waals surface area contributed by atoms with E-state index in [1.165, 1.54) is 6.07 Å². The Morgan fingerprint density at radius 1 is 1.00 bits per heavy atom. The van der Waals surface area contributed by atoms with Gasteiger partial charge in [0.25, 0.3) is 0 Å². The smallest absolute Gasteiger partial charge is 0.225 e. The van der Waals surface area contributed by atoms with Gasteiger partial charge >= 0.3 is 0 Å². The van der Waals surface area contributed by atoms with Gasteiger partial charge in [-0.2, -0.15) is 0 Å². The van der Waals surface area contributed by atoms with Gasteiger partial charge in [0, 0.05) is 8.96 Å². The van der Waals surface area contributed by atoms with Crippen LogP contribution in [0.3, 0.4) is 0 Å². The maximum atomic E-state index is 11.3.